The predicted octanol–water partition coefficient (Wildman–Crippen LogP) is 4.24. The number of carbonyl (C=O) groups is 1. The Kier molecular flexibility index (Phi) is 5.37. The van der Waals surface area contributed by atoms with E-state index in [-0.39, 0.29) is 6.03 Å². The van der Waals surface area contributed by atoms with Gasteiger partial charge in [-0.15, -0.1) is 0 Å². The van der Waals surface area contributed by atoms with Gasteiger partial charge >= 0.3 is 6.03 Å². The zero-order valence-electron chi connectivity index (χ0n) is 13.5. The molecular weight excluding hydrogens is 370 g/mol. The van der Waals surface area contributed by atoms with Crippen LogP contribution in [0.25, 0.3) is 0 Å². The van der Waals surface area contributed by atoms with Crippen LogP contribution in [0.2, 0.25) is 0 Å². The second-order valence-electron chi connectivity index (χ2n) is 5.69. The molecule has 1 saturated heterocycles. The molecule has 0 bridgehead atoms. The van der Waals surface area contributed by atoms with Gasteiger partial charge in [-0.3, -0.25) is 0 Å². The van der Waals surface area contributed by atoms with Crippen LogP contribution in [0.5, 0.6) is 0 Å². The molecule has 5 nitrogen and oxygen atoms in total. The largest absolute Gasteiger partial charge is 0.378 e. The zero-order chi connectivity index (χ0) is 16.9. The molecule has 2 aromatic carbocycles. The Hall–Kier alpha value is -2.05. The molecule has 126 valence electrons. The van der Waals surface area contributed by atoms with Gasteiger partial charge in [0.2, 0.25) is 0 Å². The molecule has 0 atom stereocenters. The van der Waals surface area contributed by atoms with E-state index >= 15 is 0 Å². The lowest BCUT2D eigenvalue weighted by Gasteiger charge is -2.29. The third-order valence-electron chi connectivity index (χ3n) is 3.91. The Morgan fingerprint density at radius 3 is 2.50 bits per heavy atom. The number of benzene rings is 2. The summed E-state index contributed by atoms with van der Waals surface area (Å²) in [6.07, 6.45) is 0. The SMILES string of the molecule is Cc1ccc(NC(=O)Nc2cccc(N3CCOCC3)c2)cc1Br. The highest BCUT2D eigenvalue weighted by atomic mass is 79.9. The summed E-state index contributed by atoms with van der Waals surface area (Å²) in [5.41, 5.74) is 3.73. The van der Waals surface area contributed by atoms with Crippen molar-refractivity contribution in [3.05, 3.63) is 52.5 Å². The maximum atomic E-state index is 12.2. The van der Waals surface area contributed by atoms with Gasteiger partial charge in [-0.05, 0) is 42.8 Å². The third kappa shape index (κ3) is 4.27. The first-order chi connectivity index (χ1) is 11.6. The number of hydrogen-bond donors (Lipinski definition) is 2. The molecule has 0 unspecified atom stereocenters. The van der Waals surface area contributed by atoms with Gasteiger partial charge in [0.25, 0.3) is 0 Å². The van der Waals surface area contributed by atoms with Gasteiger partial charge in [-0.25, -0.2) is 4.79 Å². The van der Waals surface area contributed by atoms with E-state index in [0.29, 0.717) is 0 Å². The molecule has 1 fully saturated rings. The van der Waals surface area contributed by atoms with E-state index < -0.39 is 0 Å². The van der Waals surface area contributed by atoms with E-state index in [4.69, 9.17) is 4.74 Å². The number of hydrogen-bond acceptors (Lipinski definition) is 3. The van der Waals surface area contributed by atoms with Crippen molar-refractivity contribution in [3.8, 4) is 0 Å². The fourth-order valence-electron chi connectivity index (χ4n) is 2.57. The number of ether oxygens (including phenoxy) is 1. The number of nitrogens with zero attached hydrogens (tertiary/aromatic N) is 1. The summed E-state index contributed by atoms with van der Waals surface area (Å²) in [6.45, 7) is 5.21. The van der Waals surface area contributed by atoms with Gasteiger partial charge < -0.3 is 20.3 Å². The van der Waals surface area contributed by atoms with Crippen LogP contribution < -0.4 is 15.5 Å². The summed E-state index contributed by atoms with van der Waals surface area (Å²) in [5.74, 6) is 0. The van der Waals surface area contributed by atoms with Crippen molar-refractivity contribution in [3.63, 3.8) is 0 Å². The lowest BCUT2D eigenvalue weighted by atomic mass is 10.2. The Morgan fingerprint density at radius 1 is 1.08 bits per heavy atom. The Labute approximate surface area is 150 Å². The molecule has 0 aromatic heterocycles. The summed E-state index contributed by atoms with van der Waals surface area (Å²) >= 11 is 3.47. The lowest BCUT2D eigenvalue weighted by Crippen LogP contribution is -2.36. The average molecular weight is 390 g/mol. The summed E-state index contributed by atoms with van der Waals surface area (Å²) in [5, 5.41) is 5.72. The Balaban J connectivity index is 1.64. The quantitative estimate of drug-likeness (QED) is 0.825. The highest BCUT2D eigenvalue weighted by Crippen LogP contribution is 2.22. The second-order valence-corrected chi connectivity index (χ2v) is 6.55. The van der Waals surface area contributed by atoms with Crippen molar-refractivity contribution in [1.29, 1.82) is 0 Å². The van der Waals surface area contributed by atoms with Crippen molar-refractivity contribution >= 4 is 39.0 Å². The number of rotatable bonds is 3. The van der Waals surface area contributed by atoms with Crippen LogP contribution in [0, 0.1) is 6.92 Å². The number of anilines is 3. The smallest absolute Gasteiger partial charge is 0.323 e. The molecule has 2 aromatic rings. The van der Waals surface area contributed by atoms with E-state index in [9.17, 15) is 4.79 Å². The van der Waals surface area contributed by atoms with Crippen LogP contribution in [0.4, 0.5) is 21.9 Å². The summed E-state index contributed by atoms with van der Waals surface area (Å²) < 4.78 is 6.34. The van der Waals surface area contributed by atoms with E-state index in [1.54, 1.807) is 0 Å². The molecule has 0 aliphatic carbocycles. The highest BCUT2D eigenvalue weighted by Gasteiger charge is 2.12. The molecule has 24 heavy (non-hydrogen) atoms. The van der Waals surface area contributed by atoms with Crippen molar-refractivity contribution in [2.75, 3.05) is 41.8 Å². The molecule has 2 amide bonds. The van der Waals surface area contributed by atoms with Crippen LogP contribution in [-0.2, 0) is 4.74 Å². The number of nitrogens with one attached hydrogen (secondary N) is 2. The topological polar surface area (TPSA) is 53.6 Å². The van der Waals surface area contributed by atoms with Crippen LogP contribution in [0.15, 0.2) is 46.9 Å². The van der Waals surface area contributed by atoms with E-state index in [2.05, 4.69) is 31.5 Å². The number of amides is 2. The number of carbonyl (C=O) groups excluding carboxylic acids is 1. The molecule has 3 rings (SSSR count). The lowest BCUT2D eigenvalue weighted by molar-refractivity contribution is 0.122. The summed E-state index contributed by atoms with van der Waals surface area (Å²) in [6, 6.07) is 13.3. The maximum absolute atomic E-state index is 12.2. The molecule has 0 radical (unpaired) electrons. The van der Waals surface area contributed by atoms with Gasteiger partial charge in [0.1, 0.15) is 0 Å². The fraction of sp³-hybridized carbons (Fsp3) is 0.278. The van der Waals surface area contributed by atoms with Crippen molar-refractivity contribution in [2.24, 2.45) is 0 Å². The Morgan fingerprint density at radius 2 is 1.79 bits per heavy atom. The summed E-state index contributed by atoms with van der Waals surface area (Å²) in [7, 11) is 0. The van der Waals surface area contributed by atoms with Gasteiger partial charge in [0, 0.05) is 34.6 Å². The van der Waals surface area contributed by atoms with Crippen LogP contribution in [-0.4, -0.2) is 32.3 Å². The highest BCUT2D eigenvalue weighted by molar-refractivity contribution is 9.10. The van der Waals surface area contributed by atoms with Crippen LogP contribution >= 0.6 is 15.9 Å². The van der Waals surface area contributed by atoms with Crippen molar-refractivity contribution < 1.29 is 9.53 Å². The van der Waals surface area contributed by atoms with E-state index in [1.807, 2.05) is 49.4 Å². The molecular formula is C18H20BrN3O2. The molecule has 1 aliphatic rings. The van der Waals surface area contributed by atoms with Gasteiger partial charge in [-0.1, -0.05) is 28.1 Å². The number of morpholine rings is 1. The third-order valence-corrected chi connectivity index (χ3v) is 4.76. The molecule has 2 N–H and O–H groups in total. The summed E-state index contributed by atoms with van der Waals surface area (Å²) in [4.78, 5) is 14.4. The second kappa shape index (κ2) is 7.68. The minimum absolute atomic E-state index is 0.259. The maximum Gasteiger partial charge on any atom is 0.323 e. The number of aryl methyl sites for hydroxylation is 1. The fourth-order valence-corrected chi connectivity index (χ4v) is 2.94. The predicted molar refractivity (Wildman–Crippen MR) is 101 cm³/mol. The van der Waals surface area contributed by atoms with Crippen molar-refractivity contribution in [1.82, 2.24) is 0 Å². The molecule has 1 heterocycles. The number of urea groups is 1. The normalized spacial score (nSPS) is 14.3. The average Bonchev–Trinajstić information content (AvgIpc) is 2.59. The van der Waals surface area contributed by atoms with Crippen LogP contribution in [0.1, 0.15) is 5.56 Å². The molecule has 0 spiro atoms. The van der Waals surface area contributed by atoms with Crippen LogP contribution in [0.3, 0.4) is 0 Å². The first kappa shape index (κ1) is 16.8. The standard InChI is InChI=1S/C18H20BrN3O2/c1-13-5-6-15(12-17(13)19)21-18(23)20-14-3-2-4-16(11-14)22-7-9-24-10-8-22/h2-6,11-12H,7-10H2,1H3,(H2,20,21,23). The van der Waals surface area contributed by atoms with Crippen molar-refractivity contribution in [2.45, 2.75) is 6.92 Å². The minimum Gasteiger partial charge on any atom is -0.378 e. The first-order valence-electron chi connectivity index (χ1n) is 7.89. The van der Waals surface area contributed by atoms with Gasteiger partial charge in [-0.2, -0.15) is 0 Å². The Bertz CT molecular complexity index is 730. The molecule has 6 heteroatoms. The molecule has 0 saturated carbocycles. The van der Waals surface area contributed by atoms with E-state index in [1.165, 1.54) is 0 Å². The monoisotopic (exact) mass is 389 g/mol. The van der Waals surface area contributed by atoms with Gasteiger partial charge in [0.15, 0.2) is 0 Å². The minimum atomic E-state index is -0.259. The molecule has 1 aliphatic heterocycles. The van der Waals surface area contributed by atoms with E-state index in [0.717, 1.165) is 53.4 Å². The number of halogens is 1. The van der Waals surface area contributed by atoms with Gasteiger partial charge in [0.05, 0.1) is 13.2 Å². The zero-order valence-corrected chi connectivity index (χ0v) is 15.1. The first-order valence-corrected chi connectivity index (χ1v) is 8.68.